The fourth-order valence-electron chi connectivity index (χ4n) is 4.42. The second-order valence-corrected chi connectivity index (χ2v) is 9.99. The monoisotopic (exact) mass is 512 g/mol. The van der Waals surface area contributed by atoms with Gasteiger partial charge in [-0.05, 0) is 45.2 Å². The summed E-state index contributed by atoms with van der Waals surface area (Å²) in [5, 5.41) is 17.3. The number of nitriles is 1. The lowest BCUT2D eigenvalue weighted by Gasteiger charge is -2.23. The Labute approximate surface area is 220 Å². The van der Waals surface area contributed by atoms with E-state index in [9.17, 15) is 5.26 Å². The number of hydrogen-bond donors (Lipinski definition) is 1. The fourth-order valence-corrected chi connectivity index (χ4v) is 4.42. The number of aryl methyl sites for hydroxylation is 1. The number of pyridine rings is 1. The zero-order valence-electron chi connectivity index (χ0n) is 21.7. The summed E-state index contributed by atoms with van der Waals surface area (Å²) in [6, 6.07) is 14.1. The van der Waals surface area contributed by atoms with E-state index in [4.69, 9.17) is 9.26 Å². The minimum absolute atomic E-state index is 0.0646. The number of ether oxygens (including phenoxy) is 1. The minimum atomic E-state index is -1.09. The average Bonchev–Trinajstić information content (AvgIpc) is 3.43. The van der Waals surface area contributed by atoms with E-state index >= 15 is 4.39 Å². The minimum Gasteiger partial charge on any atom is -0.381 e. The van der Waals surface area contributed by atoms with Crippen LogP contribution in [0.4, 0.5) is 4.39 Å². The Morgan fingerprint density at radius 2 is 1.87 bits per heavy atom. The van der Waals surface area contributed by atoms with Gasteiger partial charge in [-0.15, -0.1) is 0 Å². The molecule has 5 rings (SSSR count). The van der Waals surface area contributed by atoms with Crippen molar-refractivity contribution in [2.24, 2.45) is 0 Å². The highest BCUT2D eigenvalue weighted by Gasteiger charge is 2.28. The highest BCUT2D eigenvalue weighted by Crippen LogP contribution is 2.32. The van der Waals surface area contributed by atoms with E-state index in [1.807, 2.05) is 25.1 Å². The molecule has 38 heavy (non-hydrogen) atoms. The smallest absolute Gasteiger partial charge is 0.187 e. The lowest BCUT2D eigenvalue weighted by Crippen LogP contribution is -2.34. The summed E-state index contributed by atoms with van der Waals surface area (Å²) < 4.78 is 26.4. The van der Waals surface area contributed by atoms with Gasteiger partial charge in [0.2, 0.25) is 0 Å². The maximum Gasteiger partial charge on any atom is 0.187 e. The quantitative estimate of drug-likeness (QED) is 0.352. The van der Waals surface area contributed by atoms with Gasteiger partial charge in [0.25, 0.3) is 0 Å². The Kier molecular flexibility index (Phi) is 7.27. The summed E-state index contributed by atoms with van der Waals surface area (Å²) in [7, 11) is 0. The Bertz CT molecular complexity index is 1470. The van der Waals surface area contributed by atoms with Crippen molar-refractivity contribution in [2.45, 2.75) is 51.6 Å². The van der Waals surface area contributed by atoms with Crippen molar-refractivity contribution in [3.8, 4) is 40.0 Å². The predicted molar refractivity (Wildman–Crippen MR) is 140 cm³/mol. The van der Waals surface area contributed by atoms with Gasteiger partial charge in [0.05, 0.1) is 34.8 Å². The molecular weight excluding hydrogens is 483 g/mol. The van der Waals surface area contributed by atoms with Crippen LogP contribution in [0.3, 0.4) is 0 Å². The molecule has 1 fully saturated rings. The highest BCUT2D eigenvalue weighted by atomic mass is 19.1. The van der Waals surface area contributed by atoms with Crippen molar-refractivity contribution < 1.29 is 13.7 Å². The van der Waals surface area contributed by atoms with E-state index in [1.165, 1.54) is 24.0 Å². The number of nitrogens with zero attached hydrogens (tertiary/aromatic N) is 5. The van der Waals surface area contributed by atoms with Gasteiger partial charge in [0, 0.05) is 49.2 Å². The Morgan fingerprint density at radius 3 is 2.61 bits per heavy atom. The first-order valence-electron chi connectivity index (χ1n) is 12.6. The molecule has 0 atom stereocenters. The summed E-state index contributed by atoms with van der Waals surface area (Å²) in [6.45, 7) is 7.49. The molecule has 9 heteroatoms. The molecule has 3 aromatic heterocycles. The van der Waals surface area contributed by atoms with Crippen LogP contribution < -0.4 is 5.32 Å². The van der Waals surface area contributed by atoms with Gasteiger partial charge in [0.1, 0.15) is 11.4 Å². The van der Waals surface area contributed by atoms with Crippen molar-refractivity contribution in [1.82, 2.24) is 25.4 Å². The molecule has 0 radical (unpaired) electrons. The number of halogens is 1. The Balaban J connectivity index is 1.37. The van der Waals surface area contributed by atoms with Gasteiger partial charge in [-0.3, -0.25) is 9.97 Å². The molecule has 1 aliphatic rings. The normalized spacial score (nSPS) is 14.4. The number of nitrogens with one attached hydrogen (secondary N) is 1. The van der Waals surface area contributed by atoms with Gasteiger partial charge >= 0.3 is 0 Å². The van der Waals surface area contributed by atoms with E-state index in [-0.39, 0.29) is 11.3 Å². The first-order chi connectivity index (χ1) is 18.4. The maximum absolute atomic E-state index is 15.4. The molecule has 1 aliphatic heterocycles. The molecule has 0 spiro atoms. The van der Waals surface area contributed by atoms with Gasteiger partial charge in [-0.2, -0.15) is 5.26 Å². The molecule has 0 aliphatic carbocycles. The molecule has 8 nitrogen and oxygen atoms in total. The molecule has 1 saturated heterocycles. The standard InChI is InChI=1S/C29H29FN6O2/c1-18-27(35-24(16-33-18)22-8-11-32-28(26(22)30)29(2,3)17-31)25-14-23(36-38-25)20-6-4-19(5-7-20)15-34-21-9-12-37-13-10-21/h4-8,11,14,16,21,34H,9-10,12-13,15H2,1-3H3. The lowest BCUT2D eigenvalue weighted by molar-refractivity contribution is 0.0776. The van der Waals surface area contributed by atoms with Gasteiger partial charge < -0.3 is 14.6 Å². The fraction of sp³-hybridized carbons (Fsp3) is 0.345. The summed E-state index contributed by atoms with van der Waals surface area (Å²) in [5.74, 6) is -0.156. The number of benzene rings is 1. The van der Waals surface area contributed by atoms with Gasteiger partial charge in [0.15, 0.2) is 11.6 Å². The third-order valence-corrected chi connectivity index (χ3v) is 6.80. The number of aromatic nitrogens is 4. The van der Waals surface area contributed by atoms with E-state index in [1.54, 1.807) is 13.8 Å². The molecule has 1 N–H and O–H groups in total. The van der Waals surface area contributed by atoms with Crippen LogP contribution in [0.15, 0.2) is 53.3 Å². The summed E-state index contributed by atoms with van der Waals surface area (Å²) in [5.41, 5.74) is 3.39. The van der Waals surface area contributed by atoms with Crippen molar-refractivity contribution in [3.63, 3.8) is 0 Å². The van der Waals surface area contributed by atoms with Crippen LogP contribution in [0.1, 0.15) is 43.6 Å². The zero-order chi connectivity index (χ0) is 26.7. The second-order valence-electron chi connectivity index (χ2n) is 9.99. The molecule has 4 heterocycles. The molecule has 1 aromatic carbocycles. The summed E-state index contributed by atoms with van der Waals surface area (Å²) in [4.78, 5) is 13.2. The zero-order valence-corrected chi connectivity index (χ0v) is 21.7. The third kappa shape index (κ3) is 5.32. The molecular formula is C29H29FN6O2. The van der Waals surface area contributed by atoms with E-state index < -0.39 is 11.2 Å². The number of rotatable bonds is 7. The number of hydrogen-bond acceptors (Lipinski definition) is 8. The van der Waals surface area contributed by atoms with Crippen LogP contribution in [0.2, 0.25) is 0 Å². The largest absolute Gasteiger partial charge is 0.381 e. The SMILES string of the molecule is Cc1ncc(-c2ccnc(C(C)(C)C#N)c2F)nc1-c1cc(-c2ccc(CNC3CCOCC3)cc2)no1. The van der Waals surface area contributed by atoms with Crippen LogP contribution in [0, 0.1) is 24.1 Å². The molecule has 0 saturated carbocycles. The topological polar surface area (TPSA) is 110 Å². The average molecular weight is 513 g/mol. The van der Waals surface area contributed by atoms with Crippen molar-refractivity contribution in [2.75, 3.05) is 13.2 Å². The predicted octanol–water partition coefficient (Wildman–Crippen LogP) is 5.38. The van der Waals surface area contributed by atoms with Gasteiger partial charge in [-0.25, -0.2) is 9.37 Å². The molecule has 194 valence electrons. The molecule has 0 unspecified atom stereocenters. The molecule has 0 bridgehead atoms. The summed E-state index contributed by atoms with van der Waals surface area (Å²) in [6.07, 6.45) is 5.06. The first-order valence-corrected chi connectivity index (χ1v) is 12.6. The molecule has 4 aromatic rings. The van der Waals surface area contributed by atoms with Crippen LogP contribution >= 0.6 is 0 Å². The maximum atomic E-state index is 15.4. The lowest BCUT2D eigenvalue weighted by atomic mass is 9.89. The van der Waals surface area contributed by atoms with Gasteiger partial charge in [-0.1, -0.05) is 29.4 Å². The van der Waals surface area contributed by atoms with Crippen LogP contribution in [0.5, 0.6) is 0 Å². The first kappa shape index (κ1) is 25.6. The van der Waals surface area contributed by atoms with Crippen molar-refractivity contribution in [1.29, 1.82) is 5.26 Å². The Hall–Kier alpha value is -4.00. The Morgan fingerprint density at radius 1 is 1.11 bits per heavy atom. The van der Waals surface area contributed by atoms with Crippen LogP contribution in [0.25, 0.3) is 34.0 Å². The van der Waals surface area contributed by atoms with Crippen molar-refractivity contribution >= 4 is 0 Å². The second kappa shape index (κ2) is 10.8. The van der Waals surface area contributed by atoms with Crippen LogP contribution in [-0.2, 0) is 16.7 Å². The van der Waals surface area contributed by atoms with E-state index in [2.05, 4.69) is 43.6 Å². The van der Waals surface area contributed by atoms with E-state index in [0.29, 0.717) is 34.6 Å². The molecule has 0 amide bonds. The van der Waals surface area contributed by atoms with Crippen LogP contribution in [-0.4, -0.2) is 39.4 Å². The van der Waals surface area contributed by atoms with Crippen molar-refractivity contribution in [3.05, 3.63) is 71.6 Å². The third-order valence-electron chi connectivity index (χ3n) is 6.80. The highest BCUT2D eigenvalue weighted by molar-refractivity contribution is 5.69. The summed E-state index contributed by atoms with van der Waals surface area (Å²) >= 11 is 0. The van der Waals surface area contributed by atoms with E-state index in [0.717, 1.165) is 38.2 Å².